The highest BCUT2D eigenvalue weighted by Gasteiger charge is 2.16. The van der Waals surface area contributed by atoms with Crippen LogP contribution in [-0.2, 0) is 4.74 Å². The van der Waals surface area contributed by atoms with Crippen molar-refractivity contribution in [3.8, 4) is 5.69 Å². The van der Waals surface area contributed by atoms with Crippen molar-refractivity contribution in [1.29, 1.82) is 0 Å². The number of halogens is 1. The lowest BCUT2D eigenvalue weighted by Crippen LogP contribution is -2.10. The third-order valence-electron chi connectivity index (χ3n) is 2.31. The van der Waals surface area contributed by atoms with E-state index < -0.39 is 5.97 Å². The van der Waals surface area contributed by atoms with Gasteiger partial charge in [-0.15, -0.1) is 0 Å². The molecule has 0 unspecified atom stereocenters. The maximum Gasteiger partial charge on any atom is 0.356 e. The number of hydrogen-bond donors (Lipinski definition) is 0. The van der Waals surface area contributed by atoms with Gasteiger partial charge < -0.3 is 4.74 Å². The van der Waals surface area contributed by atoms with E-state index in [1.54, 1.807) is 25.1 Å². The highest BCUT2D eigenvalue weighted by molar-refractivity contribution is 6.32. The van der Waals surface area contributed by atoms with Gasteiger partial charge >= 0.3 is 5.97 Å². The first kappa shape index (κ1) is 11.7. The van der Waals surface area contributed by atoms with Gasteiger partial charge in [0, 0.05) is 0 Å². The average Bonchev–Trinajstić information content (AvgIpc) is 2.71. The van der Waals surface area contributed by atoms with Crippen LogP contribution in [0.1, 0.15) is 16.2 Å². The molecule has 88 valence electrons. The summed E-state index contributed by atoms with van der Waals surface area (Å²) in [6, 6.07) is 8.85. The minimum Gasteiger partial charge on any atom is -0.464 e. The van der Waals surface area contributed by atoms with Crippen molar-refractivity contribution in [2.45, 2.75) is 6.92 Å². The Bertz CT molecular complexity index is 563. The van der Waals surface area contributed by atoms with Crippen LogP contribution in [0.4, 0.5) is 0 Å². The lowest BCUT2D eigenvalue weighted by Gasteiger charge is -2.07. The van der Waals surface area contributed by atoms with Gasteiger partial charge in [0.2, 0.25) is 0 Å². The van der Waals surface area contributed by atoms with E-state index >= 15 is 0 Å². The second-order valence-electron chi connectivity index (χ2n) is 3.53. The van der Waals surface area contributed by atoms with Crippen LogP contribution in [0.3, 0.4) is 0 Å². The molecule has 2 rings (SSSR count). The molecule has 0 fully saturated rings. The molecule has 1 heterocycles. The van der Waals surface area contributed by atoms with Gasteiger partial charge in [-0.2, -0.15) is 5.10 Å². The maximum atomic E-state index is 11.6. The molecule has 0 radical (unpaired) electrons. The van der Waals surface area contributed by atoms with Crippen LogP contribution in [-0.4, -0.2) is 22.9 Å². The molecular weight excluding hydrogens is 240 g/mol. The molecule has 0 atom stereocenters. The van der Waals surface area contributed by atoms with Gasteiger partial charge in [-0.25, -0.2) is 9.48 Å². The Morgan fingerprint density at radius 1 is 1.41 bits per heavy atom. The lowest BCUT2D eigenvalue weighted by atomic mass is 10.3. The Kier molecular flexibility index (Phi) is 3.15. The number of esters is 1. The predicted octanol–water partition coefficient (Wildman–Crippen LogP) is 2.62. The van der Waals surface area contributed by atoms with Gasteiger partial charge in [-0.3, -0.25) is 0 Å². The lowest BCUT2D eigenvalue weighted by molar-refractivity contribution is 0.0590. The number of benzene rings is 1. The van der Waals surface area contributed by atoms with E-state index in [4.69, 9.17) is 16.3 Å². The van der Waals surface area contributed by atoms with Crippen LogP contribution in [0, 0.1) is 6.92 Å². The molecule has 1 aromatic carbocycles. The SMILES string of the molecule is COC(=O)c1cc(C)nn1-c1ccccc1Cl. The number of rotatable bonds is 2. The summed E-state index contributed by atoms with van der Waals surface area (Å²) in [6.07, 6.45) is 0. The maximum absolute atomic E-state index is 11.6. The fraction of sp³-hybridized carbons (Fsp3) is 0.167. The molecular formula is C12H11ClN2O2. The highest BCUT2D eigenvalue weighted by Crippen LogP contribution is 2.21. The molecule has 1 aromatic heterocycles. The number of carbonyl (C=O) groups is 1. The second-order valence-corrected chi connectivity index (χ2v) is 3.93. The normalized spacial score (nSPS) is 10.3. The van der Waals surface area contributed by atoms with Crippen LogP contribution in [0.5, 0.6) is 0 Å². The summed E-state index contributed by atoms with van der Waals surface area (Å²) in [6.45, 7) is 1.81. The molecule has 0 N–H and O–H groups in total. The van der Waals surface area contributed by atoms with Crippen LogP contribution in [0.15, 0.2) is 30.3 Å². The summed E-state index contributed by atoms with van der Waals surface area (Å²) in [5.41, 5.74) is 1.74. The summed E-state index contributed by atoms with van der Waals surface area (Å²) in [5, 5.41) is 4.77. The van der Waals surface area contributed by atoms with E-state index in [9.17, 15) is 4.79 Å². The van der Waals surface area contributed by atoms with Gasteiger partial charge in [0.1, 0.15) is 0 Å². The fourth-order valence-electron chi connectivity index (χ4n) is 1.56. The van der Waals surface area contributed by atoms with Gasteiger partial charge in [0.25, 0.3) is 0 Å². The Labute approximate surface area is 104 Å². The monoisotopic (exact) mass is 250 g/mol. The standard InChI is InChI=1S/C12H11ClN2O2/c1-8-7-11(12(16)17-2)15(14-8)10-6-4-3-5-9(10)13/h3-7H,1-2H3. The Morgan fingerprint density at radius 2 is 2.12 bits per heavy atom. The zero-order chi connectivity index (χ0) is 12.4. The molecule has 0 aliphatic carbocycles. The minimum absolute atomic E-state index is 0.359. The van der Waals surface area contributed by atoms with Crippen molar-refractivity contribution in [2.75, 3.05) is 7.11 Å². The topological polar surface area (TPSA) is 44.1 Å². The van der Waals surface area contributed by atoms with Crippen molar-refractivity contribution < 1.29 is 9.53 Å². The molecule has 2 aromatic rings. The van der Waals surface area contributed by atoms with E-state index in [1.165, 1.54) is 11.8 Å². The molecule has 4 nitrogen and oxygen atoms in total. The first-order valence-electron chi connectivity index (χ1n) is 5.03. The fourth-order valence-corrected chi connectivity index (χ4v) is 1.77. The van der Waals surface area contributed by atoms with Crippen molar-refractivity contribution in [3.05, 3.63) is 46.7 Å². The molecule has 0 aliphatic rings. The van der Waals surface area contributed by atoms with Crippen molar-refractivity contribution in [3.63, 3.8) is 0 Å². The van der Waals surface area contributed by atoms with E-state index in [0.29, 0.717) is 16.4 Å². The van der Waals surface area contributed by atoms with Crippen molar-refractivity contribution in [1.82, 2.24) is 9.78 Å². The summed E-state index contributed by atoms with van der Waals surface area (Å²) in [7, 11) is 1.33. The van der Waals surface area contributed by atoms with Crippen molar-refractivity contribution in [2.24, 2.45) is 0 Å². The third-order valence-corrected chi connectivity index (χ3v) is 2.63. The molecule has 0 saturated carbocycles. The molecule has 5 heteroatoms. The number of aryl methyl sites for hydroxylation is 1. The third kappa shape index (κ3) is 2.17. The van der Waals surface area contributed by atoms with Gasteiger partial charge in [-0.1, -0.05) is 23.7 Å². The number of hydrogen-bond acceptors (Lipinski definition) is 3. The molecule has 0 spiro atoms. The summed E-state index contributed by atoms with van der Waals surface area (Å²) in [5.74, 6) is -0.439. The van der Waals surface area contributed by atoms with Crippen LogP contribution in [0.2, 0.25) is 5.02 Å². The quantitative estimate of drug-likeness (QED) is 0.770. The Morgan fingerprint density at radius 3 is 2.76 bits per heavy atom. The predicted molar refractivity (Wildman–Crippen MR) is 64.7 cm³/mol. The number of carbonyl (C=O) groups excluding carboxylic acids is 1. The van der Waals surface area contributed by atoms with Crippen LogP contribution >= 0.6 is 11.6 Å². The summed E-state index contributed by atoms with van der Waals surface area (Å²) >= 11 is 6.07. The minimum atomic E-state index is -0.439. The second kappa shape index (κ2) is 4.59. The Hall–Kier alpha value is -1.81. The van der Waals surface area contributed by atoms with Gasteiger partial charge in [-0.05, 0) is 25.1 Å². The smallest absolute Gasteiger partial charge is 0.356 e. The van der Waals surface area contributed by atoms with E-state index in [0.717, 1.165) is 5.69 Å². The number of methoxy groups -OCH3 is 1. The zero-order valence-corrected chi connectivity index (χ0v) is 10.2. The zero-order valence-electron chi connectivity index (χ0n) is 9.48. The largest absolute Gasteiger partial charge is 0.464 e. The van der Waals surface area contributed by atoms with Gasteiger partial charge in [0.15, 0.2) is 5.69 Å². The molecule has 0 amide bonds. The Balaban J connectivity index is 2.60. The number of para-hydroxylation sites is 1. The molecule has 0 saturated heterocycles. The first-order valence-corrected chi connectivity index (χ1v) is 5.41. The van der Waals surface area contributed by atoms with Crippen LogP contribution < -0.4 is 0 Å². The van der Waals surface area contributed by atoms with E-state index in [-0.39, 0.29) is 0 Å². The summed E-state index contributed by atoms with van der Waals surface area (Å²) in [4.78, 5) is 11.6. The van der Waals surface area contributed by atoms with Crippen molar-refractivity contribution >= 4 is 17.6 Å². The molecule has 0 bridgehead atoms. The van der Waals surface area contributed by atoms with E-state index in [1.807, 2.05) is 12.1 Å². The summed E-state index contributed by atoms with van der Waals surface area (Å²) < 4.78 is 6.20. The highest BCUT2D eigenvalue weighted by atomic mass is 35.5. The number of nitrogens with zero attached hydrogens (tertiary/aromatic N) is 2. The van der Waals surface area contributed by atoms with Crippen LogP contribution in [0.25, 0.3) is 5.69 Å². The van der Waals surface area contributed by atoms with E-state index in [2.05, 4.69) is 5.10 Å². The first-order chi connectivity index (χ1) is 8.13. The van der Waals surface area contributed by atoms with Gasteiger partial charge in [0.05, 0.1) is 23.5 Å². The average molecular weight is 251 g/mol. The molecule has 17 heavy (non-hydrogen) atoms. The molecule has 0 aliphatic heterocycles. The number of aromatic nitrogens is 2. The number of ether oxygens (including phenoxy) is 1.